The fraction of sp³-hybridized carbons (Fsp3) is 0.336. The minimum absolute atomic E-state index is 0.101. The van der Waals surface area contributed by atoms with Gasteiger partial charge >= 0.3 is 0 Å². The molecule has 13 heterocycles. The summed E-state index contributed by atoms with van der Waals surface area (Å²) in [4.78, 5) is 89.7. The van der Waals surface area contributed by atoms with E-state index in [9.17, 15) is 28.8 Å². The van der Waals surface area contributed by atoms with Crippen molar-refractivity contribution in [2.24, 2.45) is 0 Å². The van der Waals surface area contributed by atoms with Crippen LogP contribution < -0.4 is 40.9 Å². The zero-order valence-electron chi connectivity index (χ0n) is 79.7. The summed E-state index contributed by atoms with van der Waals surface area (Å²) in [6.45, 7) is 25.7. The van der Waals surface area contributed by atoms with Gasteiger partial charge in [0.1, 0.15) is 11.9 Å². The van der Waals surface area contributed by atoms with E-state index in [1.165, 1.54) is 12.1 Å². The molecule has 728 valence electrons. The molecule has 0 saturated carbocycles. The SMILES string of the molecule is CC(C)NC[C@@H](C(=O)N1CCN(c2c(-c3cccc(F)c3)cnc3[nH]ncc23)CC1)c1ccc(Cl)cc1.CC(C)NC[C@@H](C(=O)N1CCN(c2c(-c3ccccc3)cnc3[nH]ncc23)CC1)c1ccc(Cl)cc1.CC(C)NC[C@@H](C(=O)N1CCN(c2c(C#N)cnc3[nH]ncc23)CC1)c1ccc(Cl)cc1.O=C([C@@H](c1ccc(Cl)cc1)[C@@H]1CCCN1)N1CCN(c2c(-c3ccccc3)cnc3[nH]ncc23)CC1. The number of carbonyl (C=O) groups excluding carboxylic acids is 4. The van der Waals surface area contributed by atoms with Crippen molar-refractivity contribution in [1.82, 2.24) is 102 Å². The van der Waals surface area contributed by atoms with Crippen LogP contribution in [0.3, 0.4) is 0 Å². The zero-order chi connectivity index (χ0) is 98.2. The fourth-order valence-electron chi connectivity index (χ4n) is 19.4. The molecule has 34 heteroatoms. The molecule has 29 nitrogen and oxygen atoms in total. The van der Waals surface area contributed by atoms with Crippen molar-refractivity contribution < 1.29 is 23.6 Å². The molecule has 15 aromatic rings. The minimum atomic E-state index is -0.297. The summed E-state index contributed by atoms with van der Waals surface area (Å²) in [6, 6.07) is 60.8. The largest absolute Gasteiger partial charge is 0.367 e. The predicted molar refractivity (Wildman–Crippen MR) is 559 cm³/mol. The molecule has 20 rings (SSSR count). The van der Waals surface area contributed by atoms with Crippen molar-refractivity contribution in [3.05, 3.63) is 285 Å². The summed E-state index contributed by atoms with van der Waals surface area (Å²) in [6.07, 6.45) is 16.4. The number of nitrogens with one attached hydrogen (secondary N) is 8. The molecule has 0 aliphatic carbocycles. The molecular weight excluding hydrogens is 1860 g/mol. The first-order chi connectivity index (χ1) is 68.6. The number of amides is 4. The van der Waals surface area contributed by atoms with Crippen LogP contribution >= 0.6 is 46.4 Å². The Morgan fingerprint density at radius 2 is 0.681 bits per heavy atom. The van der Waals surface area contributed by atoms with Gasteiger partial charge in [0.25, 0.3) is 0 Å². The molecule has 0 bridgehead atoms. The lowest BCUT2D eigenvalue weighted by Crippen LogP contribution is -2.52. The Balaban J connectivity index is 0.000000130. The number of piperazine rings is 4. The predicted octanol–water partition coefficient (Wildman–Crippen LogP) is 16.9. The molecule has 5 saturated heterocycles. The monoisotopic (exact) mass is 1970 g/mol. The van der Waals surface area contributed by atoms with Gasteiger partial charge in [-0.15, -0.1) is 0 Å². The van der Waals surface area contributed by atoms with Gasteiger partial charge < -0.3 is 60.5 Å². The Morgan fingerprint density at radius 3 is 1.00 bits per heavy atom. The Morgan fingerprint density at radius 1 is 0.376 bits per heavy atom. The van der Waals surface area contributed by atoms with Crippen molar-refractivity contribution in [3.8, 4) is 39.4 Å². The molecule has 5 fully saturated rings. The molecule has 5 aliphatic heterocycles. The molecule has 141 heavy (non-hydrogen) atoms. The quantitative estimate of drug-likeness (QED) is 0.0263. The summed E-state index contributed by atoms with van der Waals surface area (Å²) in [5.41, 5.74) is 17.3. The highest BCUT2D eigenvalue weighted by molar-refractivity contribution is 6.31. The molecule has 7 aromatic carbocycles. The molecule has 0 spiro atoms. The lowest BCUT2D eigenvalue weighted by atomic mass is 9.89. The van der Waals surface area contributed by atoms with Crippen molar-refractivity contribution in [2.45, 2.75) is 102 Å². The Bertz CT molecular complexity index is 6790. The van der Waals surface area contributed by atoms with E-state index >= 15 is 0 Å². The number of halogens is 5. The average molecular weight is 1980 g/mol. The maximum Gasteiger partial charge on any atom is 0.231 e. The van der Waals surface area contributed by atoms with Crippen molar-refractivity contribution >= 4 is 137 Å². The third kappa shape index (κ3) is 23.6. The highest BCUT2D eigenvalue weighted by Gasteiger charge is 2.39. The number of anilines is 4. The first-order valence-corrected chi connectivity index (χ1v) is 49.7. The number of aromatic nitrogens is 12. The van der Waals surface area contributed by atoms with Gasteiger partial charge in [-0.25, -0.2) is 24.3 Å². The Hall–Kier alpha value is -13.5. The molecule has 8 N–H and O–H groups in total. The van der Waals surface area contributed by atoms with E-state index in [-0.39, 0.29) is 71.2 Å². The van der Waals surface area contributed by atoms with E-state index in [0.29, 0.717) is 141 Å². The van der Waals surface area contributed by atoms with Gasteiger partial charge in [0.2, 0.25) is 23.6 Å². The Kier molecular flexibility index (Phi) is 32.5. The summed E-state index contributed by atoms with van der Waals surface area (Å²) >= 11 is 24.4. The summed E-state index contributed by atoms with van der Waals surface area (Å²) in [5.74, 6) is -0.774. The first-order valence-electron chi connectivity index (χ1n) is 48.2. The third-order valence-electron chi connectivity index (χ3n) is 26.8. The van der Waals surface area contributed by atoms with Gasteiger partial charge in [-0.2, -0.15) is 25.7 Å². The molecule has 0 unspecified atom stereocenters. The van der Waals surface area contributed by atoms with E-state index in [1.807, 2.05) is 184 Å². The number of carbonyl (C=O) groups is 4. The van der Waals surface area contributed by atoms with E-state index < -0.39 is 0 Å². The van der Waals surface area contributed by atoms with Crippen LogP contribution in [0.25, 0.3) is 77.5 Å². The van der Waals surface area contributed by atoms with E-state index in [4.69, 9.17) is 46.4 Å². The third-order valence-corrected chi connectivity index (χ3v) is 27.8. The average Bonchev–Trinajstić information content (AvgIpc) is 1.75. The van der Waals surface area contributed by atoms with E-state index in [1.54, 1.807) is 30.9 Å². The van der Waals surface area contributed by atoms with E-state index in [0.717, 1.165) is 157 Å². The van der Waals surface area contributed by atoms with Gasteiger partial charge in [-0.3, -0.25) is 39.6 Å². The van der Waals surface area contributed by atoms with E-state index in [2.05, 4.69) is 173 Å². The van der Waals surface area contributed by atoms with Crippen molar-refractivity contribution in [1.29, 1.82) is 5.26 Å². The van der Waals surface area contributed by atoms with Gasteiger partial charge in [-0.1, -0.05) is 209 Å². The number of fused-ring (bicyclic) bond motifs is 4. The number of hydrogen-bond donors (Lipinski definition) is 8. The fourth-order valence-corrected chi connectivity index (χ4v) is 19.9. The minimum Gasteiger partial charge on any atom is -0.367 e. The number of aromatic amines is 4. The van der Waals surface area contributed by atoms with Crippen LogP contribution in [-0.4, -0.2) is 259 Å². The number of pyridine rings is 4. The smallest absolute Gasteiger partial charge is 0.231 e. The van der Waals surface area contributed by atoms with Crippen LogP contribution in [0.5, 0.6) is 0 Å². The maximum absolute atomic E-state index is 14.1. The van der Waals surface area contributed by atoms with Gasteiger partial charge in [0.15, 0.2) is 22.6 Å². The molecule has 5 aliphatic rings. The lowest BCUT2D eigenvalue weighted by Gasteiger charge is -2.39. The zero-order valence-corrected chi connectivity index (χ0v) is 82.8. The standard InChI is InChI=1S/C28H30ClFN6O.C28H29ClN6O.C28H31ClN6O.C23H26ClN7O/c1-18(2)31-16-24(19-6-8-21(29)9-7-19)28(37)36-12-10-35(11-13-36)26-23(20-4-3-5-22(30)14-20)15-32-27-25(26)17-33-34-27;29-21-10-8-20(9-11-21)25(24-7-4-12-30-24)28(36)35-15-13-34(14-16-35)26-22(19-5-2-1-3-6-19)17-31-27-23(26)18-32-33-27;1-19(2)30-17-24(21-8-10-22(29)11-9-21)28(36)35-14-12-34(13-15-35)26-23(20-6-4-3-5-7-20)16-31-27-25(26)18-32-33-27;1-15(2)26-13-19(16-3-5-18(24)6-4-16)23(32)31-9-7-30(8-10-31)21-17(11-25)12-27-22-20(21)14-28-29-22/h3-9,14-15,17-18,24,31H,10-13,16H2,1-2H3,(H,32,33,34);1-3,5-6,8-11,17-18,24-25,30H,4,7,12-16H2,(H,31,32,33);3-11,16,18-19,24,30H,12-15,17H2,1-2H3,(H,31,32,33);3-6,12,14-15,19,26H,7-10,13H2,1-2H3,(H,27,28,29)/t24-;24-,25-;24-;19-/m1011/s1. The highest BCUT2D eigenvalue weighted by atomic mass is 35.5. The Labute approximate surface area is 839 Å². The number of nitrogens with zero attached hydrogens (tertiary/aromatic N) is 17. The van der Waals surface area contributed by atoms with Crippen molar-refractivity contribution in [2.75, 3.05) is 150 Å². The molecular formula is C107H116Cl4FN25O4. The van der Waals surface area contributed by atoms with Crippen LogP contribution in [0.4, 0.5) is 27.1 Å². The van der Waals surface area contributed by atoms with Crippen LogP contribution in [0.1, 0.15) is 106 Å². The number of rotatable bonds is 25. The molecule has 4 amide bonds. The molecule has 0 radical (unpaired) electrons. The number of nitriles is 1. The highest BCUT2D eigenvalue weighted by Crippen LogP contribution is 2.42. The number of hydrogen-bond acceptors (Lipinski definition) is 21. The van der Waals surface area contributed by atoms with Crippen LogP contribution in [0, 0.1) is 17.1 Å². The molecule has 5 atom stereocenters. The first kappa shape index (κ1) is 99.1. The molecule has 8 aromatic heterocycles. The second-order valence-corrected chi connectivity index (χ2v) is 38.7. The maximum atomic E-state index is 14.1. The summed E-state index contributed by atoms with van der Waals surface area (Å²) in [5, 5.41) is 58.3. The lowest BCUT2D eigenvalue weighted by molar-refractivity contribution is -0.134. The van der Waals surface area contributed by atoms with Gasteiger partial charge in [0.05, 0.1) is 98.3 Å². The van der Waals surface area contributed by atoms with Crippen LogP contribution in [0.15, 0.2) is 232 Å². The second-order valence-electron chi connectivity index (χ2n) is 36.9. The van der Waals surface area contributed by atoms with Crippen LogP contribution in [0.2, 0.25) is 20.1 Å². The summed E-state index contributed by atoms with van der Waals surface area (Å²) < 4.78 is 14.1. The number of H-pyrrole nitrogens is 4. The normalized spacial score (nSPS) is 16.1. The van der Waals surface area contributed by atoms with Crippen molar-refractivity contribution in [3.63, 3.8) is 0 Å². The second kappa shape index (κ2) is 46.3. The van der Waals surface area contributed by atoms with Gasteiger partial charge in [-0.05, 0) is 119 Å². The summed E-state index contributed by atoms with van der Waals surface area (Å²) in [7, 11) is 0. The number of benzene rings is 7. The van der Waals surface area contributed by atoms with Crippen LogP contribution in [-0.2, 0) is 19.2 Å². The topological polar surface area (TPSA) is 332 Å². The van der Waals surface area contributed by atoms with Gasteiger partial charge in [0, 0.05) is 210 Å².